The molecule has 0 bridgehead atoms. The Morgan fingerprint density at radius 3 is 2.68 bits per heavy atom. The largest absolute Gasteiger partial charge is 0.433 e. The third-order valence-electron chi connectivity index (χ3n) is 4.21. The topological polar surface area (TPSA) is 92.9 Å². The zero-order valence-electron chi connectivity index (χ0n) is 13.2. The lowest BCUT2D eigenvalue weighted by Crippen LogP contribution is -2.34. The molecule has 3 atom stereocenters. The van der Waals surface area contributed by atoms with Gasteiger partial charge >= 0.3 is 6.18 Å². The number of nitrogens with zero attached hydrogens (tertiary/aromatic N) is 4. The number of hydrogen-bond donors (Lipinski definition) is 2. The van der Waals surface area contributed by atoms with Gasteiger partial charge in [-0.3, -0.25) is 9.78 Å². The third-order valence-corrected chi connectivity index (χ3v) is 4.21. The first-order valence-corrected chi connectivity index (χ1v) is 7.69. The van der Waals surface area contributed by atoms with Crippen molar-refractivity contribution >= 4 is 5.91 Å². The smallest absolute Gasteiger partial charge is 0.391 e. The molecule has 0 spiro atoms. The van der Waals surface area contributed by atoms with E-state index in [2.05, 4.69) is 20.6 Å². The summed E-state index contributed by atoms with van der Waals surface area (Å²) in [5.74, 6) is -0.507. The molecule has 0 unspecified atom stereocenters. The second-order valence-corrected chi connectivity index (χ2v) is 5.97. The molecule has 3 rings (SSSR count). The van der Waals surface area contributed by atoms with Crippen molar-refractivity contribution in [1.29, 1.82) is 0 Å². The van der Waals surface area contributed by atoms with E-state index in [-0.39, 0.29) is 11.7 Å². The number of halogens is 3. The summed E-state index contributed by atoms with van der Waals surface area (Å²) >= 11 is 0. The standard InChI is InChI=1S/C15H16F3N5O2/c1-8(9-2-5-13(19-6-9)15(16,17)18)20-14(25)10-7-23(22-21-10)11-3-4-12(11)24/h2,5-8,11-12,24H,3-4H2,1H3,(H,20,25)/t8-,11+,12+/m0/s1. The molecule has 0 radical (unpaired) electrons. The fourth-order valence-corrected chi connectivity index (χ4v) is 2.50. The quantitative estimate of drug-likeness (QED) is 0.874. The Labute approximate surface area is 140 Å². The van der Waals surface area contributed by atoms with E-state index in [0.717, 1.165) is 18.7 Å². The molecule has 0 aliphatic heterocycles. The molecule has 0 aromatic carbocycles. The monoisotopic (exact) mass is 355 g/mol. The van der Waals surface area contributed by atoms with Crippen LogP contribution in [0.4, 0.5) is 13.2 Å². The Morgan fingerprint density at radius 1 is 1.40 bits per heavy atom. The van der Waals surface area contributed by atoms with Gasteiger partial charge in [-0.2, -0.15) is 13.2 Å². The van der Waals surface area contributed by atoms with E-state index in [4.69, 9.17) is 0 Å². The Bertz CT molecular complexity index is 759. The minimum absolute atomic E-state index is 0.0748. The fourth-order valence-electron chi connectivity index (χ4n) is 2.50. The molecule has 1 saturated carbocycles. The summed E-state index contributed by atoms with van der Waals surface area (Å²) in [5.41, 5.74) is -0.481. The van der Waals surface area contributed by atoms with Crippen LogP contribution < -0.4 is 5.32 Å². The normalized spacial score (nSPS) is 21.5. The predicted molar refractivity (Wildman–Crippen MR) is 79.4 cm³/mol. The van der Waals surface area contributed by atoms with Gasteiger partial charge < -0.3 is 10.4 Å². The SMILES string of the molecule is C[C@H](NC(=O)c1cn([C@@H]2CC[C@H]2O)nn1)c1ccc(C(F)(F)F)nc1. The molecule has 7 nitrogen and oxygen atoms in total. The molecule has 2 heterocycles. The van der Waals surface area contributed by atoms with Gasteiger partial charge in [-0.15, -0.1) is 5.10 Å². The van der Waals surface area contributed by atoms with E-state index >= 15 is 0 Å². The number of alkyl halides is 3. The van der Waals surface area contributed by atoms with E-state index < -0.39 is 29.9 Å². The maximum atomic E-state index is 12.5. The van der Waals surface area contributed by atoms with Gasteiger partial charge in [-0.05, 0) is 31.4 Å². The first-order chi connectivity index (χ1) is 11.8. The number of aliphatic hydroxyl groups is 1. The van der Waals surface area contributed by atoms with Gasteiger partial charge in [-0.25, -0.2) is 4.68 Å². The molecule has 1 amide bonds. The van der Waals surface area contributed by atoms with Crippen LogP contribution in [0.1, 0.15) is 53.6 Å². The number of nitrogens with one attached hydrogen (secondary N) is 1. The van der Waals surface area contributed by atoms with E-state index in [1.807, 2.05) is 0 Å². The molecule has 10 heteroatoms. The molecule has 0 saturated heterocycles. The van der Waals surface area contributed by atoms with Gasteiger partial charge in [0.1, 0.15) is 5.69 Å². The number of pyridine rings is 1. The van der Waals surface area contributed by atoms with Crippen LogP contribution in [0.15, 0.2) is 24.5 Å². The van der Waals surface area contributed by atoms with E-state index in [1.165, 1.54) is 16.9 Å². The van der Waals surface area contributed by atoms with E-state index in [9.17, 15) is 23.1 Å². The van der Waals surface area contributed by atoms with Crippen LogP contribution in [0, 0.1) is 0 Å². The molecule has 2 aromatic heterocycles. The van der Waals surface area contributed by atoms with Crippen molar-refractivity contribution in [3.05, 3.63) is 41.5 Å². The van der Waals surface area contributed by atoms with Crippen LogP contribution in [-0.2, 0) is 6.18 Å². The number of aromatic nitrogens is 4. The predicted octanol–water partition coefficient (Wildman–Crippen LogP) is 1.88. The Balaban J connectivity index is 1.64. The Hall–Kier alpha value is -2.49. The molecule has 1 aliphatic rings. The number of aliphatic hydroxyl groups excluding tert-OH is 1. The first kappa shape index (κ1) is 17.3. The summed E-state index contributed by atoms with van der Waals surface area (Å²) in [4.78, 5) is 15.6. The molecular weight excluding hydrogens is 339 g/mol. The van der Waals surface area contributed by atoms with Gasteiger partial charge in [0.2, 0.25) is 0 Å². The van der Waals surface area contributed by atoms with Gasteiger partial charge in [0, 0.05) is 6.20 Å². The number of rotatable bonds is 4. The minimum Gasteiger partial charge on any atom is -0.391 e. The highest BCUT2D eigenvalue weighted by Crippen LogP contribution is 2.31. The second kappa shape index (κ2) is 6.43. The van der Waals surface area contributed by atoms with Gasteiger partial charge in [-0.1, -0.05) is 11.3 Å². The summed E-state index contributed by atoms with van der Waals surface area (Å²) < 4.78 is 39.0. The summed E-state index contributed by atoms with van der Waals surface area (Å²) in [6.45, 7) is 1.63. The van der Waals surface area contributed by atoms with Crippen LogP contribution in [-0.4, -0.2) is 37.1 Å². The maximum Gasteiger partial charge on any atom is 0.433 e. The zero-order valence-corrected chi connectivity index (χ0v) is 13.2. The van der Waals surface area contributed by atoms with Gasteiger partial charge in [0.25, 0.3) is 5.91 Å². The molecule has 25 heavy (non-hydrogen) atoms. The number of carbonyl (C=O) groups is 1. The van der Waals surface area contributed by atoms with E-state index in [0.29, 0.717) is 12.0 Å². The average Bonchev–Trinajstić information content (AvgIpc) is 3.02. The first-order valence-electron chi connectivity index (χ1n) is 7.69. The van der Waals surface area contributed by atoms with Crippen LogP contribution in [0.25, 0.3) is 0 Å². The molecule has 1 aliphatic carbocycles. The van der Waals surface area contributed by atoms with Crippen LogP contribution in [0.2, 0.25) is 0 Å². The van der Waals surface area contributed by atoms with Crippen LogP contribution in [0.5, 0.6) is 0 Å². The lowest BCUT2D eigenvalue weighted by Gasteiger charge is -2.31. The highest BCUT2D eigenvalue weighted by molar-refractivity contribution is 5.92. The van der Waals surface area contributed by atoms with Crippen molar-refractivity contribution < 1.29 is 23.1 Å². The Morgan fingerprint density at radius 2 is 2.16 bits per heavy atom. The van der Waals surface area contributed by atoms with Crippen molar-refractivity contribution in [3.8, 4) is 0 Å². The average molecular weight is 355 g/mol. The number of carbonyl (C=O) groups excluding carboxylic acids is 1. The van der Waals surface area contributed by atoms with Gasteiger partial charge in [0.15, 0.2) is 5.69 Å². The highest BCUT2D eigenvalue weighted by atomic mass is 19.4. The highest BCUT2D eigenvalue weighted by Gasteiger charge is 2.33. The van der Waals surface area contributed by atoms with Crippen LogP contribution >= 0.6 is 0 Å². The summed E-state index contributed by atoms with van der Waals surface area (Å²) in [6, 6.07) is 1.40. The second-order valence-electron chi connectivity index (χ2n) is 5.97. The van der Waals surface area contributed by atoms with Crippen molar-refractivity contribution in [2.75, 3.05) is 0 Å². The number of amides is 1. The van der Waals surface area contributed by atoms with Crippen molar-refractivity contribution in [2.24, 2.45) is 0 Å². The number of hydrogen-bond acceptors (Lipinski definition) is 5. The molecule has 134 valence electrons. The lowest BCUT2D eigenvalue weighted by molar-refractivity contribution is -0.141. The summed E-state index contributed by atoms with van der Waals surface area (Å²) in [6.07, 6.45) is -1.02. The lowest BCUT2D eigenvalue weighted by atomic mass is 9.89. The van der Waals surface area contributed by atoms with Crippen LogP contribution in [0.3, 0.4) is 0 Å². The van der Waals surface area contributed by atoms with Crippen molar-refractivity contribution in [3.63, 3.8) is 0 Å². The molecule has 1 fully saturated rings. The van der Waals surface area contributed by atoms with Crippen molar-refractivity contribution in [1.82, 2.24) is 25.3 Å². The van der Waals surface area contributed by atoms with E-state index in [1.54, 1.807) is 6.92 Å². The summed E-state index contributed by atoms with van der Waals surface area (Å²) in [7, 11) is 0. The Kier molecular flexibility index (Phi) is 4.46. The fraction of sp³-hybridized carbons (Fsp3) is 0.467. The molecule has 2 N–H and O–H groups in total. The van der Waals surface area contributed by atoms with Crippen molar-refractivity contribution in [2.45, 2.75) is 44.1 Å². The zero-order chi connectivity index (χ0) is 18.2. The summed E-state index contributed by atoms with van der Waals surface area (Å²) in [5, 5.41) is 19.8. The molecular formula is C15H16F3N5O2. The third kappa shape index (κ3) is 3.63. The minimum atomic E-state index is -4.50. The maximum absolute atomic E-state index is 12.5. The molecule has 2 aromatic rings. The van der Waals surface area contributed by atoms with Gasteiger partial charge in [0.05, 0.1) is 24.4 Å².